The smallest absolute Gasteiger partial charge is 0.302 e. The summed E-state index contributed by atoms with van der Waals surface area (Å²) in [6.07, 6.45) is 10.9. The molecule has 4 aromatic rings. The Morgan fingerprint density at radius 3 is 2.59 bits per heavy atom. The van der Waals surface area contributed by atoms with Crippen LogP contribution in [0.15, 0.2) is 53.8 Å². The lowest BCUT2D eigenvalue weighted by Gasteiger charge is -2.27. The molecule has 2 aliphatic rings. The SMILES string of the molecule is Cn1cc(-c2cnc3ccc4cnc(NS(=O)(=O)N5CCCC5CN5CCCC5)cc4c(=O)c3c2)cn1. The maximum atomic E-state index is 13.6. The minimum atomic E-state index is -3.81. The summed E-state index contributed by atoms with van der Waals surface area (Å²) < 4.78 is 32.6. The molecule has 3 aromatic heterocycles. The number of hydrogen-bond donors (Lipinski definition) is 1. The van der Waals surface area contributed by atoms with Gasteiger partial charge in [0.2, 0.25) is 0 Å². The summed E-state index contributed by atoms with van der Waals surface area (Å²) in [4.78, 5) is 24.8. The molecule has 1 N–H and O–H groups in total. The maximum Gasteiger partial charge on any atom is 0.303 e. The van der Waals surface area contributed by atoms with Crippen LogP contribution in [0.2, 0.25) is 0 Å². The lowest BCUT2D eigenvalue weighted by Crippen LogP contribution is -2.44. The minimum absolute atomic E-state index is 0.0511. The van der Waals surface area contributed by atoms with Crippen LogP contribution < -0.4 is 10.2 Å². The van der Waals surface area contributed by atoms with Gasteiger partial charge in [-0.2, -0.15) is 17.8 Å². The number of pyridine rings is 2. The van der Waals surface area contributed by atoms with Crippen molar-refractivity contribution in [2.45, 2.75) is 31.7 Å². The van der Waals surface area contributed by atoms with Crippen molar-refractivity contribution in [3.05, 3.63) is 59.3 Å². The molecule has 6 rings (SSSR count). The normalized spacial score (nSPS) is 19.2. The van der Waals surface area contributed by atoms with Crippen molar-refractivity contribution >= 4 is 37.7 Å². The third kappa shape index (κ3) is 4.70. The monoisotopic (exact) mass is 519 g/mol. The van der Waals surface area contributed by atoms with Gasteiger partial charge in [-0.25, -0.2) is 4.98 Å². The summed E-state index contributed by atoms with van der Waals surface area (Å²) in [5, 5.41) is 5.64. The van der Waals surface area contributed by atoms with E-state index in [0.29, 0.717) is 28.2 Å². The van der Waals surface area contributed by atoms with Crippen molar-refractivity contribution in [1.29, 1.82) is 0 Å². The lowest BCUT2D eigenvalue weighted by atomic mass is 10.1. The molecule has 2 saturated heterocycles. The first kappa shape index (κ1) is 24.0. The van der Waals surface area contributed by atoms with Crippen LogP contribution in [0.4, 0.5) is 5.82 Å². The molecule has 5 heterocycles. The fraction of sp³-hybridized carbons (Fsp3) is 0.385. The van der Waals surface area contributed by atoms with E-state index in [1.54, 1.807) is 39.6 Å². The highest BCUT2D eigenvalue weighted by Gasteiger charge is 2.35. The van der Waals surface area contributed by atoms with Gasteiger partial charge in [0.15, 0.2) is 5.43 Å². The fourth-order valence-electron chi connectivity index (χ4n) is 5.45. The second kappa shape index (κ2) is 9.47. The van der Waals surface area contributed by atoms with Crippen molar-refractivity contribution in [3.8, 4) is 11.1 Å². The van der Waals surface area contributed by atoms with Crippen LogP contribution in [0.5, 0.6) is 0 Å². The number of rotatable bonds is 6. The van der Waals surface area contributed by atoms with Gasteiger partial charge in [-0.3, -0.25) is 19.2 Å². The predicted octanol–water partition coefficient (Wildman–Crippen LogP) is 2.76. The summed E-state index contributed by atoms with van der Waals surface area (Å²) in [6.45, 7) is 3.29. The van der Waals surface area contributed by atoms with Gasteiger partial charge in [0, 0.05) is 72.1 Å². The van der Waals surface area contributed by atoms with Crippen molar-refractivity contribution in [1.82, 2.24) is 29.0 Å². The van der Waals surface area contributed by atoms with Gasteiger partial charge >= 0.3 is 10.2 Å². The van der Waals surface area contributed by atoms with Crippen LogP contribution in [0.3, 0.4) is 0 Å². The number of aromatic nitrogens is 4. The summed E-state index contributed by atoms with van der Waals surface area (Å²) in [6, 6.07) is 6.85. The first-order chi connectivity index (χ1) is 17.9. The van der Waals surface area contributed by atoms with Crippen molar-refractivity contribution in [2.24, 2.45) is 7.05 Å². The van der Waals surface area contributed by atoms with Crippen LogP contribution in [0, 0.1) is 0 Å². The Balaban J connectivity index is 1.34. The van der Waals surface area contributed by atoms with E-state index in [1.165, 1.54) is 25.1 Å². The Bertz CT molecular complexity index is 1650. The van der Waals surface area contributed by atoms with E-state index in [9.17, 15) is 13.2 Å². The average molecular weight is 520 g/mol. The number of anilines is 1. The van der Waals surface area contributed by atoms with Gasteiger partial charge in [-0.1, -0.05) is 6.07 Å². The third-order valence-electron chi connectivity index (χ3n) is 7.33. The molecular formula is C26H29N7O3S. The standard InChI is InChI=1S/C26H29N7O3S/c1-31-16-20(15-29-31)19-11-23-24(27-14-19)7-6-18-13-28-25(12-22(18)26(23)34)30-37(35,36)33-10-4-5-21(33)17-32-8-2-3-9-32/h6-7,11-16,21H,2-5,8-10,17H2,1H3,(H,28,30). The van der Waals surface area contributed by atoms with Crippen LogP contribution >= 0.6 is 0 Å². The first-order valence-electron chi connectivity index (χ1n) is 12.6. The topological polar surface area (TPSA) is 113 Å². The second-order valence-corrected chi connectivity index (χ2v) is 11.5. The van der Waals surface area contributed by atoms with Crippen molar-refractivity contribution < 1.29 is 8.42 Å². The number of hydrogen-bond acceptors (Lipinski definition) is 7. The largest absolute Gasteiger partial charge is 0.303 e. The zero-order valence-electron chi connectivity index (χ0n) is 20.7. The average Bonchev–Trinajstić information content (AvgIpc) is 3.64. The molecule has 1 aromatic carbocycles. The van der Waals surface area contributed by atoms with Crippen LogP contribution in [-0.4, -0.2) is 69.6 Å². The molecule has 10 nitrogen and oxygen atoms in total. The molecule has 0 amide bonds. The molecule has 0 radical (unpaired) electrons. The summed E-state index contributed by atoms with van der Waals surface area (Å²) in [5.74, 6) is 0.132. The number of likely N-dealkylation sites (tertiary alicyclic amines) is 1. The molecule has 2 fully saturated rings. The highest BCUT2D eigenvalue weighted by Crippen LogP contribution is 2.26. The molecule has 1 atom stereocenters. The van der Waals surface area contributed by atoms with E-state index in [0.717, 1.165) is 43.6 Å². The molecule has 0 bridgehead atoms. The van der Waals surface area contributed by atoms with E-state index < -0.39 is 10.2 Å². The van der Waals surface area contributed by atoms with E-state index in [2.05, 4.69) is 24.7 Å². The lowest BCUT2D eigenvalue weighted by molar-refractivity contribution is 0.258. The Kier molecular flexibility index (Phi) is 6.13. The molecule has 0 spiro atoms. The summed E-state index contributed by atoms with van der Waals surface area (Å²) in [5.41, 5.74) is 1.96. The van der Waals surface area contributed by atoms with Crippen LogP contribution in [0.25, 0.3) is 32.8 Å². The zero-order chi connectivity index (χ0) is 25.6. The van der Waals surface area contributed by atoms with Crippen molar-refractivity contribution in [3.63, 3.8) is 0 Å². The molecule has 192 valence electrons. The van der Waals surface area contributed by atoms with Gasteiger partial charge in [0.05, 0.1) is 11.7 Å². The van der Waals surface area contributed by atoms with Crippen LogP contribution in [0.1, 0.15) is 25.7 Å². The quantitative estimate of drug-likeness (QED) is 0.417. The molecule has 1 unspecified atom stereocenters. The third-order valence-corrected chi connectivity index (χ3v) is 8.90. The van der Waals surface area contributed by atoms with Gasteiger partial charge in [0.1, 0.15) is 5.82 Å². The van der Waals surface area contributed by atoms with E-state index in [-0.39, 0.29) is 17.3 Å². The summed E-state index contributed by atoms with van der Waals surface area (Å²) in [7, 11) is -1.98. The minimum Gasteiger partial charge on any atom is -0.302 e. The number of nitrogens with zero attached hydrogens (tertiary/aromatic N) is 6. The fourth-order valence-corrected chi connectivity index (χ4v) is 6.87. The number of nitrogens with one attached hydrogen (secondary N) is 1. The first-order valence-corrected chi connectivity index (χ1v) is 14.1. The maximum absolute atomic E-state index is 13.6. The Hall–Kier alpha value is -3.41. The van der Waals surface area contributed by atoms with Crippen molar-refractivity contribution in [2.75, 3.05) is 30.9 Å². The van der Waals surface area contributed by atoms with Gasteiger partial charge in [-0.15, -0.1) is 0 Å². The number of fused-ring (bicyclic) bond motifs is 2. The van der Waals surface area contributed by atoms with Gasteiger partial charge < -0.3 is 4.90 Å². The molecule has 0 aliphatic carbocycles. The Labute approximate surface area is 215 Å². The Morgan fingerprint density at radius 2 is 1.81 bits per heavy atom. The zero-order valence-corrected chi connectivity index (χ0v) is 21.5. The molecular weight excluding hydrogens is 490 g/mol. The van der Waals surface area contributed by atoms with E-state index in [4.69, 9.17) is 0 Å². The van der Waals surface area contributed by atoms with Gasteiger partial charge in [0.25, 0.3) is 0 Å². The summed E-state index contributed by atoms with van der Waals surface area (Å²) >= 11 is 0. The Morgan fingerprint density at radius 1 is 0.973 bits per heavy atom. The number of aryl methyl sites for hydroxylation is 1. The van der Waals surface area contributed by atoms with Gasteiger partial charge in [-0.05, 0) is 57.0 Å². The predicted molar refractivity (Wildman–Crippen MR) is 143 cm³/mol. The van der Waals surface area contributed by atoms with E-state index >= 15 is 0 Å². The molecule has 0 saturated carbocycles. The molecule has 37 heavy (non-hydrogen) atoms. The highest BCUT2D eigenvalue weighted by molar-refractivity contribution is 7.90. The second-order valence-electron chi connectivity index (χ2n) is 9.90. The molecule has 2 aliphatic heterocycles. The van der Waals surface area contributed by atoms with Crippen LogP contribution in [-0.2, 0) is 17.3 Å². The molecule has 11 heteroatoms. The highest BCUT2D eigenvalue weighted by atomic mass is 32.2. The van der Waals surface area contributed by atoms with E-state index in [1.807, 2.05) is 13.2 Å².